The van der Waals surface area contributed by atoms with Crippen LogP contribution in [0, 0.1) is 5.82 Å². The van der Waals surface area contributed by atoms with Crippen LogP contribution >= 0.6 is 11.3 Å². The second kappa shape index (κ2) is 8.86. The van der Waals surface area contributed by atoms with Gasteiger partial charge in [-0.2, -0.15) is 4.99 Å². The summed E-state index contributed by atoms with van der Waals surface area (Å²) in [6.07, 6.45) is 3.43. The van der Waals surface area contributed by atoms with E-state index in [1.54, 1.807) is 35.4 Å². The zero-order chi connectivity index (χ0) is 23.8. The molecular formula is C24H23FN6O2S. The molecule has 2 amide bonds. The number of hydrogen-bond donors (Lipinski definition) is 2. The summed E-state index contributed by atoms with van der Waals surface area (Å²) in [6, 6.07) is 12.7. The van der Waals surface area contributed by atoms with Crippen LogP contribution in [0.25, 0.3) is 0 Å². The van der Waals surface area contributed by atoms with Gasteiger partial charge in [0.25, 0.3) is 11.8 Å². The molecule has 1 aliphatic heterocycles. The molecule has 0 spiro atoms. The monoisotopic (exact) mass is 478 g/mol. The van der Waals surface area contributed by atoms with E-state index >= 15 is 0 Å². The number of rotatable bonds is 7. The highest BCUT2D eigenvalue weighted by Gasteiger charge is 2.45. The van der Waals surface area contributed by atoms with Crippen molar-refractivity contribution < 1.29 is 14.0 Å². The second-order valence-corrected chi connectivity index (χ2v) is 9.49. The first-order valence-electron chi connectivity index (χ1n) is 10.9. The summed E-state index contributed by atoms with van der Waals surface area (Å²) < 4.78 is 13.4. The number of nitrogens with two attached hydrogens (primary N) is 2. The zero-order valence-corrected chi connectivity index (χ0v) is 19.0. The standard InChI is InChI=1S/C24H23FN6O2S/c25-15-7-5-14(6-8-15)12-30(16-9-10-16)22(33)20-18-3-1-2-4-19(18)21(32)31(20)13-17-11-28-24(34-17)29-23(26)27/h1-8,11,16,20H,9-10,12-13H2,(H4,26,27,28,29). The fourth-order valence-corrected chi connectivity index (χ4v) is 5.02. The van der Waals surface area contributed by atoms with Gasteiger partial charge in [0, 0.05) is 29.2 Å². The lowest BCUT2D eigenvalue weighted by atomic mass is 10.0. The number of hydrogen-bond acceptors (Lipinski definition) is 5. The molecule has 1 atom stereocenters. The summed E-state index contributed by atoms with van der Waals surface area (Å²) in [5.41, 5.74) is 12.9. The van der Waals surface area contributed by atoms with Crippen molar-refractivity contribution in [1.82, 2.24) is 14.8 Å². The molecule has 8 nitrogen and oxygen atoms in total. The van der Waals surface area contributed by atoms with Crippen molar-refractivity contribution in [2.24, 2.45) is 16.5 Å². The minimum absolute atomic E-state index is 0.0977. The maximum Gasteiger partial charge on any atom is 0.255 e. The Kier molecular flexibility index (Phi) is 5.74. The molecule has 2 heterocycles. The fraction of sp³-hybridized carbons (Fsp3) is 0.250. The van der Waals surface area contributed by atoms with Gasteiger partial charge in [0.15, 0.2) is 5.96 Å². The summed E-state index contributed by atoms with van der Waals surface area (Å²) in [5, 5.41) is 0.387. The SMILES string of the molecule is NC(N)=Nc1ncc(CN2C(=O)c3ccccc3C2C(=O)N(Cc2ccc(F)cc2)C2CC2)s1. The third-order valence-electron chi connectivity index (χ3n) is 5.92. The number of benzene rings is 2. The molecular weight excluding hydrogens is 455 g/mol. The van der Waals surface area contributed by atoms with E-state index in [0.717, 1.165) is 23.3 Å². The van der Waals surface area contributed by atoms with Crippen LogP contribution < -0.4 is 11.5 Å². The van der Waals surface area contributed by atoms with E-state index < -0.39 is 6.04 Å². The first-order chi connectivity index (χ1) is 16.4. The van der Waals surface area contributed by atoms with Crippen LogP contribution in [0.5, 0.6) is 0 Å². The number of aliphatic imine (C=N–C) groups is 1. The number of halogens is 1. The number of thiazole rings is 1. The summed E-state index contributed by atoms with van der Waals surface area (Å²) in [7, 11) is 0. The Morgan fingerprint density at radius 1 is 1.18 bits per heavy atom. The lowest BCUT2D eigenvalue weighted by molar-refractivity contribution is -0.137. The molecule has 34 heavy (non-hydrogen) atoms. The molecule has 0 radical (unpaired) electrons. The van der Waals surface area contributed by atoms with Gasteiger partial charge in [-0.05, 0) is 42.2 Å². The molecule has 10 heteroatoms. The maximum atomic E-state index is 13.9. The first-order valence-corrected chi connectivity index (χ1v) is 11.7. The van der Waals surface area contributed by atoms with E-state index in [0.29, 0.717) is 22.8 Å². The average molecular weight is 479 g/mol. The summed E-state index contributed by atoms with van der Waals surface area (Å²) >= 11 is 1.26. The van der Waals surface area contributed by atoms with Crippen LogP contribution in [0.3, 0.4) is 0 Å². The lowest BCUT2D eigenvalue weighted by Gasteiger charge is -2.31. The van der Waals surface area contributed by atoms with E-state index in [9.17, 15) is 14.0 Å². The average Bonchev–Trinajstić information content (AvgIpc) is 3.51. The minimum atomic E-state index is -0.752. The van der Waals surface area contributed by atoms with Gasteiger partial charge in [-0.3, -0.25) is 9.59 Å². The number of carbonyl (C=O) groups is 2. The van der Waals surface area contributed by atoms with E-state index in [1.807, 2.05) is 17.0 Å². The number of guanidine groups is 1. The van der Waals surface area contributed by atoms with Gasteiger partial charge >= 0.3 is 0 Å². The topological polar surface area (TPSA) is 118 Å². The molecule has 1 aromatic heterocycles. The Bertz CT molecular complexity index is 1270. The minimum Gasteiger partial charge on any atom is -0.370 e. The third-order valence-corrected chi connectivity index (χ3v) is 6.80. The number of aromatic nitrogens is 1. The van der Waals surface area contributed by atoms with Crippen molar-refractivity contribution in [3.05, 3.63) is 82.1 Å². The van der Waals surface area contributed by atoms with E-state index in [-0.39, 0.29) is 36.2 Å². The highest BCUT2D eigenvalue weighted by Crippen LogP contribution is 2.40. The van der Waals surface area contributed by atoms with Crippen LogP contribution in [-0.2, 0) is 17.9 Å². The number of carbonyl (C=O) groups excluding carboxylic acids is 2. The molecule has 1 fully saturated rings. The van der Waals surface area contributed by atoms with Crippen LogP contribution in [0.2, 0.25) is 0 Å². The van der Waals surface area contributed by atoms with Crippen molar-refractivity contribution >= 4 is 34.2 Å². The Morgan fingerprint density at radius 2 is 1.91 bits per heavy atom. The quantitative estimate of drug-likeness (QED) is 0.400. The van der Waals surface area contributed by atoms with Crippen molar-refractivity contribution in [3.63, 3.8) is 0 Å². The molecule has 2 aliphatic rings. The lowest BCUT2D eigenvalue weighted by Crippen LogP contribution is -2.42. The van der Waals surface area contributed by atoms with Gasteiger partial charge in [0.2, 0.25) is 5.13 Å². The van der Waals surface area contributed by atoms with E-state index in [2.05, 4.69) is 9.98 Å². The first kappa shape index (κ1) is 22.0. The fourth-order valence-electron chi connectivity index (χ4n) is 4.22. The highest BCUT2D eigenvalue weighted by molar-refractivity contribution is 7.15. The third kappa shape index (κ3) is 4.36. The van der Waals surface area contributed by atoms with Crippen LogP contribution in [-0.4, -0.2) is 38.6 Å². The van der Waals surface area contributed by atoms with Gasteiger partial charge < -0.3 is 21.3 Å². The molecule has 2 aromatic carbocycles. The molecule has 0 bridgehead atoms. The Balaban J connectivity index is 1.46. The molecule has 1 aliphatic carbocycles. The molecule has 3 aromatic rings. The van der Waals surface area contributed by atoms with E-state index in [4.69, 9.17) is 11.5 Å². The molecule has 1 saturated carbocycles. The molecule has 5 rings (SSSR count). The van der Waals surface area contributed by atoms with Gasteiger partial charge in [0.1, 0.15) is 11.9 Å². The number of amides is 2. The largest absolute Gasteiger partial charge is 0.370 e. The van der Waals surface area contributed by atoms with E-state index in [1.165, 1.54) is 23.5 Å². The zero-order valence-electron chi connectivity index (χ0n) is 18.2. The van der Waals surface area contributed by atoms with Crippen molar-refractivity contribution in [3.8, 4) is 0 Å². The smallest absolute Gasteiger partial charge is 0.255 e. The maximum absolute atomic E-state index is 13.9. The van der Waals surface area contributed by atoms with Gasteiger partial charge in [-0.15, -0.1) is 0 Å². The number of fused-ring (bicyclic) bond motifs is 1. The predicted molar refractivity (Wildman–Crippen MR) is 127 cm³/mol. The molecule has 1 unspecified atom stereocenters. The van der Waals surface area contributed by atoms with Crippen molar-refractivity contribution in [2.75, 3.05) is 0 Å². The number of nitrogens with zero attached hydrogens (tertiary/aromatic N) is 4. The molecule has 4 N–H and O–H groups in total. The molecule has 174 valence electrons. The predicted octanol–water partition coefficient (Wildman–Crippen LogP) is 3.08. The van der Waals surface area contributed by atoms with Gasteiger partial charge in [0.05, 0.1) is 6.54 Å². The Labute approximate surface area is 199 Å². The Morgan fingerprint density at radius 3 is 2.62 bits per heavy atom. The Hall–Kier alpha value is -3.79. The molecule has 0 saturated heterocycles. The second-order valence-electron chi connectivity index (χ2n) is 8.39. The summed E-state index contributed by atoms with van der Waals surface area (Å²) in [5.74, 6) is -0.763. The summed E-state index contributed by atoms with van der Waals surface area (Å²) in [6.45, 7) is 0.566. The van der Waals surface area contributed by atoms with Crippen LogP contribution in [0.1, 0.15) is 45.2 Å². The summed E-state index contributed by atoms with van der Waals surface area (Å²) in [4.78, 5) is 39.6. The van der Waals surface area contributed by atoms with Crippen LogP contribution in [0.15, 0.2) is 59.7 Å². The normalized spacial score (nSPS) is 16.9. The van der Waals surface area contributed by atoms with Gasteiger partial charge in [-0.1, -0.05) is 41.7 Å². The van der Waals surface area contributed by atoms with Gasteiger partial charge in [-0.25, -0.2) is 9.37 Å². The van der Waals surface area contributed by atoms with Crippen molar-refractivity contribution in [2.45, 2.75) is 38.0 Å². The van der Waals surface area contributed by atoms with Crippen molar-refractivity contribution in [1.29, 1.82) is 0 Å². The van der Waals surface area contributed by atoms with Crippen LogP contribution in [0.4, 0.5) is 9.52 Å². The highest BCUT2D eigenvalue weighted by atomic mass is 32.1.